The first-order valence-electron chi connectivity index (χ1n) is 4.31. The third-order valence-corrected chi connectivity index (χ3v) is 2.21. The molecule has 0 bridgehead atoms. The van der Waals surface area contributed by atoms with Gasteiger partial charge in [-0.3, -0.25) is 4.79 Å². The molecule has 1 aliphatic rings. The largest absolute Gasteiger partial charge is 0.564 e. The van der Waals surface area contributed by atoms with Crippen molar-refractivity contribution < 1.29 is 14.1 Å². The lowest BCUT2D eigenvalue weighted by molar-refractivity contribution is -0.135. The topological polar surface area (TPSA) is 61.5 Å². The van der Waals surface area contributed by atoms with Gasteiger partial charge in [0.2, 0.25) is 0 Å². The van der Waals surface area contributed by atoms with Crippen molar-refractivity contribution in [2.24, 2.45) is 0 Å². The highest BCUT2D eigenvalue weighted by molar-refractivity contribution is 6.64. The van der Waals surface area contributed by atoms with Gasteiger partial charge in [-0.05, 0) is 17.7 Å². The summed E-state index contributed by atoms with van der Waals surface area (Å²) in [6.07, 6.45) is 0.264. The van der Waals surface area contributed by atoms with E-state index in [1.54, 1.807) is 12.1 Å². The summed E-state index contributed by atoms with van der Waals surface area (Å²) in [5.41, 5.74) is 8.03. The van der Waals surface area contributed by atoms with E-state index in [-0.39, 0.29) is 12.4 Å². The minimum atomic E-state index is -0.591. The van der Waals surface area contributed by atoms with E-state index in [4.69, 9.17) is 15.0 Å². The van der Waals surface area contributed by atoms with Crippen molar-refractivity contribution in [1.82, 2.24) is 0 Å². The van der Waals surface area contributed by atoms with E-state index >= 15 is 0 Å². The fraction of sp³-hybridized carbons (Fsp3) is 0.222. The Bertz CT molecular complexity index is 380. The van der Waals surface area contributed by atoms with Gasteiger partial charge in [0.1, 0.15) is 0 Å². The molecule has 14 heavy (non-hydrogen) atoms. The molecule has 2 rings (SSSR count). The highest BCUT2D eigenvalue weighted by Crippen LogP contribution is 2.12. The lowest BCUT2D eigenvalue weighted by Gasteiger charge is -2.20. The van der Waals surface area contributed by atoms with E-state index in [1.165, 1.54) is 7.11 Å². The third kappa shape index (κ3) is 1.46. The van der Waals surface area contributed by atoms with E-state index in [0.717, 1.165) is 11.0 Å². The summed E-state index contributed by atoms with van der Waals surface area (Å²) in [6.45, 7) is 0. The summed E-state index contributed by atoms with van der Waals surface area (Å²) in [4.78, 5) is 11.2. The molecule has 0 spiro atoms. The van der Waals surface area contributed by atoms with Gasteiger partial charge in [0, 0.05) is 18.3 Å². The highest BCUT2D eigenvalue weighted by atomic mass is 16.6. The normalized spacial score (nSPS) is 14.9. The highest BCUT2D eigenvalue weighted by Gasteiger charge is 2.32. The molecule has 1 aliphatic heterocycles. The maximum Gasteiger partial charge on any atom is 0.564 e. The summed E-state index contributed by atoms with van der Waals surface area (Å²) in [5.74, 6) is -0.282. The molecule has 0 saturated carbocycles. The van der Waals surface area contributed by atoms with Crippen LogP contribution in [0.25, 0.3) is 0 Å². The minimum absolute atomic E-state index is 0.264. The number of carbonyl (C=O) groups excluding carboxylic acids is 1. The molecule has 5 heteroatoms. The number of rotatable bonds is 1. The Morgan fingerprint density at radius 3 is 3.07 bits per heavy atom. The SMILES string of the molecule is COB1OC(=O)Cc2cc(N)ccc21. The molecule has 1 aromatic rings. The Morgan fingerprint density at radius 1 is 1.57 bits per heavy atom. The summed E-state index contributed by atoms with van der Waals surface area (Å²) >= 11 is 0. The third-order valence-electron chi connectivity index (χ3n) is 2.21. The molecule has 0 aliphatic carbocycles. The van der Waals surface area contributed by atoms with Crippen molar-refractivity contribution in [3.8, 4) is 0 Å². The predicted octanol–water partition coefficient (Wildman–Crippen LogP) is -0.290. The number of hydrogen-bond acceptors (Lipinski definition) is 4. The van der Waals surface area contributed by atoms with Crippen LogP contribution in [-0.2, 0) is 20.5 Å². The molecule has 0 atom stereocenters. The second kappa shape index (κ2) is 3.34. The van der Waals surface area contributed by atoms with Crippen LogP contribution < -0.4 is 11.2 Å². The van der Waals surface area contributed by atoms with E-state index in [9.17, 15) is 4.79 Å². The van der Waals surface area contributed by atoms with Crippen LogP contribution in [0.3, 0.4) is 0 Å². The van der Waals surface area contributed by atoms with Gasteiger partial charge in [-0.25, -0.2) is 0 Å². The number of nitrogen functional groups attached to an aromatic ring is 1. The maximum absolute atomic E-state index is 11.2. The lowest BCUT2D eigenvalue weighted by Crippen LogP contribution is -2.45. The Kier molecular flexibility index (Phi) is 2.17. The first-order chi connectivity index (χ1) is 6.70. The molecule has 0 saturated heterocycles. The Morgan fingerprint density at radius 2 is 2.36 bits per heavy atom. The maximum atomic E-state index is 11.2. The average Bonchev–Trinajstić information content (AvgIpc) is 2.15. The Labute approximate surface area is 82.1 Å². The molecule has 72 valence electrons. The fourth-order valence-electron chi connectivity index (χ4n) is 1.56. The van der Waals surface area contributed by atoms with Crippen LogP contribution in [-0.4, -0.2) is 20.2 Å². The van der Waals surface area contributed by atoms with Gasteiger partial charge in [-0.1, -0.05) is 6.07 Å². The number of carbonyl (C=O) groups is 1. The van der Waals surface area contributed by atoms with Gasteiger partial charge >= 0.3 is 7.12 Å². The summed E-state index contributed by atoms with van der Waals surface area (Å²) in [5, 5.41) is 0. The predicted molar refractivity (Wildman–Crippen MR) is 53.0 cm³/mol. The van der Waals surface area contributed by atoms with Crippen molar-refractivity contribution >= 4 is 24.2 Å². The summed E-state index contributed by atoms with van der Waals surface area (Å²) < 4.78 is 10.0. The van der Waals surface area contributed by atoms with E-state index in [2.05, 4.69) is 0 Å². The zero-order valence-electron chi connectivity index (χ0n) is 7.82. The van der Waals surface area contributed by atoms with E-state index in [1.807, 2.05) is 6.07 Å². The first kappa shape index (κ1) is 9.08. The molecular weight excluding hydrogens is 181 g/mol. The van der Waals surface area contributed by atoms with Crippen LogP contribution in [0.2, 0.25) is 0 Å². The fourth-order valence-corrected chi connectivity index (χ4v) is 1.56. The zero-order valence-corrected chi connectivity index (χ0v) is 7.82. The number of benzene rings is 1. The lowest BCUT2D eigenvalue weighted by atomic mass is 9.73. The molecule has 1 aromatic carbocycles. The van der Waals surface area contributed by atoms with Crippen LogP contribution >= 0.6 is 0 Å². The average molecular weight is 191 g/mol. The van der Waals surface area contributed by atoms with Crippen LogP contribution in [0.5, 0.6) is 0 Å². The molecule has 0 unspecified atom stereocenters. The van der Waals surface area contributed by atoms with Crippen LogP contribution in [0.1, 0.15) is 5.56 Å². The quantitative estimate of drug-likeness (QED) is 0.489. The monoisotopic (exact) mass is 191 g/mol. The molecule has 0 amide bonds. The molecular formula is C9H10BNO3. The van der Waals surface area contributed by atoms with Gasteiger partial charge in [-0.15, -0.1) is 0 Å². The van der Waals surface area contributed by atoms with Crippen molar-refractivity contribution in [2.45, 2.75) is 6.42 Å². The van der Waals surface area contributed by atoms with Crippen molar-refractivity contribution in [3.63, 3.8) is 0 Å². The smallest absolute Gasteiger partial charge is 0.505 e. The number of hydrogen-bond donors (Lipinski definition) is 1. The summed E-state index contributed by atoms with van der Waals surface area (Å²) in [6, 6.07) is 5.37. The molecule has 0 radical (unpaired) electrons. The Hall–Kier alpha value is -1.49. The number of anilines is 1. The number of nitrogens with two attached hydrogens (primary N) is 1. The molecule has 0 aromatic heterocycles. The standard InChI is InChI=1S/C9H10BNO3/c1-13-10-8-3-2-7(11)4-6(8)5-9(12)14-10/h2-4H,5,11H2,1H3. The van der Waals surface area contributed by atoms with E-state index in [0.29, 0.717) is 5.69 Å². The molecule has 4 nitrogen and oxygen atoms in total. The van der Waals surface area contributed by atoms with E-state index < -0.39 is 7.12 Å². The Balaban J connectivity index is 2.45. The molecule has 1 heterocycles. The van der Waals surface area contributed by atoms with Gasteiger partial charge in [0.25, 0.3) is 5.97 Å². The second-order valence-corrected chi connectivity index (χ2v) is 3.19. The second-order valence-electron chi connectivity index (χ2n) is 3.19. The molecule has 0 fully saturated rings. The van der Waals surface area contributed by atoms with Crippen molar-refractivity contribution in [3.05, 3.63) is 23.8 Å². The zero-order chi connectivity index (χ0) is 10.1. The van der Waals surface area contributed by atoms with Crippen molar-refractivity contribution in [2.75, 3.05) is 12.8 Å². The van der Waals surface area contributed by atoms with Crippen LogP contribution in [0, 0.1) is 0 Å². The van der Waals surface area contributed by atoms with Gasteiger partial charge in [-0.2, -0.15) is 0 Å². The molecule has 2 N–H and O–H groups in total. The minimum Gasteiger partial charge on any atom is -0.505 e. The van der Waals surface area contributed by atoms with Gasteiger partial charge in [0.05, 0.1) is 6.42 Å². The summed E-state index contributed by atoms with van der Waals surface area (Å²) in [7, 11) is 0.912. The van der Waals surface area contributed by atoms with Gasteiger partial charge in [0.15, 0.2) is 0 Å². The van der Waals surface area contributed by atoms with Crippen molar-refractivity contribution in [1.29, 1.82) is 0 Å². The number of fused-ring (bicyclic) bond motifs is 1. The van der Waals surface area contributed by atoms with Crippen LogP contribution in [0.15, 0.2) is 18.2 Å². The van der Waals surface area contributed by atoms with Crippen LogP contribution in [0.4, 0.5) is 5.69 Å². The van der Waals surface area contributed by atoms with Gasteiger partial charge < -0.3 is 15.0 Å². The first-order valence-corrected chi connectivity index (χ1v) is 4.31.